The maximum Gasteiger partial charge on any atom is 0.191 e. The Kier molecular flexibility index (Phi) is 7.03. The van der Waals surface area contributed by atoms with Gasteiger partial charge in [-0.15, -0.1) is 11.3 Å². The average molecular weight is 373 g/mol. The van der Waals surface area contributed by atoms with Gasteiger partial charge in [0.05, 0.1) is 11.1 Å². The highest BCUT2D eigenvalue weighted by Gasteiger charge is 2.29. The third kappa shape index (κ3) is 5.29. The van der Waals surface area contributed by atoms with Gasteiger partial charge < -0.3 is 15.4 Å². The van der Waals surface area contributed by atoms with Crippen LogP contribution >= 0.6 is 11.3 Å². The Morgan fingerprint density at radius 2 is 2.15 bits per heavy atom. The molecule has 0 amide bonds. The first-order valence-corrected chi connectivity index (χ1v) is 10.2. The Labute approximate surface area is 159 Å². The molecule has 0 spiro atoms. The van der Waals surface area contributed by atoms with E-state index in [1.165, 1.54) is 15.4 Å². The van der Waals surface area contributed by atoms with Gasteiger partial charge in [0, 0.05) is 49.7 Å². The Balaban J connectivity index is 1.54. The molecule has 2 unspecified atom stereocenters. The second-order valence-electron chi connectivity index (χ2n) is 6.51. The van der Waals surface area contributed by atoms with E-state index < -0.39 is 0 Å². The summed E-state index contributed by atoms with van der Waals surface area (Å²) in [5, 5.41) is 7.92. The summed E-state index contributed by atoms with van der Waals surface area (Å²) in [6, 6.07) is 10.5. The molecule has 0 radical (unpaired) electrons. The lowest BCUT2D eigenvalue weighted by Crippen LogP contribution is -2.38. The van der Waals surface area contributed by atoms with Crippen LogP contribution in [0.1, 0.15) is 34.9 Å². The summed E-state index contributed by atoms with van der Waals surface area (Å²) in [6.45, 7) is 7.45. The van der Waals surface area contributed by atoms with Crippen LogP contribution < -0.4 is 10.6 Å². The summed E-state index contributed by atoms with van der Waals surface area (Å²) < 4.78 is 5.97. The highest BCUT2D eigenvalue weighted by atomic mass is 32.1. The van der Waals surface area contributed by atoms with Gasteiger partial charge in [-0.2, -0.15) is 0 Å². The molecule has 0 aliphatic carbocycles. The van der Waals surface area contributed by atoms with Gasteiger partial charge >= 0.3 is 0 Å². The molecule has 26 heavy (non-hydrogen) atoms. The first kappa shape index (κ1) is 18.9. The third-order valence-electron chi connectivity index (χ3n) is 4.47. The predicted octanol–water partition coefficient (Wildman–Crippen LogP) is 3.33. The van der Waals surface area contributed by atoms with E-state index in [0.717, 1.165) is 45.0 Å². The number of aliphatic imine (C=N–C) groups is 1. The number of nitrogens with one attached hydrogen (secondary N) is 2. The molecule has 2 atom stereocenters. The van der Waals surface area contributed by atoms with E-state index in [2.05, 4.69) is 53.7 Å². The van der Waals surface area contributed by atoms with Gasteiger partial charge in [0.1, 0.15) is 0 Å². The third-order valence-corrected chi connectivity index (χ3v) is 5.44. The molecule has 2 heterocycles. The molecule has 1 saturated heterocycles. The topological polar surface area (TPSA) is 58.5 Å². The molecule has 6 heteroatoms. The van der Waals surface area contributed by atoms with Gasteiger partial charge in [0.25, 0.3) is 0 Å². The molecular weight excluding hydrogens is 344 g/mol. The van der Waals surface area contributed by atoms with E-state index in [1.54, 1.807) is 11.3 Å². The van der Waals surface area contributed by atoms with Crippen molar-refractivity contribution >= 4 is 17.3 Å². The van der Waals surface area contributed by atoms with E-state index in [9.17, 15) is 0 Å². The fourth-order valence-corrected chi connectivity index (χ4v) is 3.97. The fraction of sp³-hybridized carbons (Fsp3) is 0.500. The Morgan fingerprint density at radius 3 is 2.88 bits per heavy atom. The largest absolute Gasteiger partial charge is 0.373 e. The number of rotatable bonds is 7. The highest BCUT2D eigenvalue weighted by Crippen LogP contribution is 2.34. The molecule has 2 N–H and O–H groups in total. The van der Waals surface area contributed by atoms with E-state index >= 15 is 0 Å². The van der Waals surface area contributed by atoms with Crippen molar-refractivity contribution in [1.29, 1.82) is 0 Å². The number of nitrogens with zero attached hydrogens (tertiary/aromatic N) is 2. The Hall–Kier alpha value is -1.92. The lowest BCUT2D eigenvalue weighted by molar-refractivity contribution is 0.0925. The number of aryl methyl sites for hydroxylation is 1. The fourth-order valence-electron chi connectivity index (χ4n) is 3.19. The van der Waals surface area contributed by atoms with Crippen molar-refractivity contribution in [3.63, 3.8) is 0 Å². The molecule has 5 nitrogen and oxygen atoms in total. The van der Waals surface area contributed by atoms with Gasteiger partial charge in [-0.25, -0.2) is 4.98 Å². The quantitative estimate of drug-likeness (QED) is 0.578. The molecule has 0 saturated carbocycles. The van der Waals surface area contributed by atoms with Crippen LogP contribution in [0.2, 0.25) is 0 Å². The first-order chi connectivity index (χ1) is 12.8. The Morgan fingerprint density at radius 1 is 1.31 bits per heavy atom. The van der Waals surface area contributed by atoms with Crippen molar-refractivity contribution in [1.82, 2.24) is 15.6 Å². The first-order valence-electron chi connectivity index (χ1n) is 9.36. The molecule has 2 aromatic rings. The summed E-state index contributed by atoms with van der Waals surface area (Å²) >= 11 is 1.76. The summed E-state index contributed by atoms with van der Waals surface area (Å²) in [6.07, 6.45) is 4.06. The van der Waals surface area contributed by atoms with E-state index in [1.807, 2.05) is 12.3 Å². The van der Waals surface area contributed by atoms with Gasteiger partial charge in [0.2, 0.25) is 0 Å². The minimum atomic E-state index is 0.154. The van der Waals surface area contributed by atoms with Crippen LogP contribution in [-0.2, 0) is 11.2 Å². The number of hydrogen-bond acceptors (Lipinski definition) is 4. The van der Waals surface area contributed by atoms with Crippen molar-refractivity contribution in [2.75, 3.05) is 26.2 Å². The number of thiazole rings is 1. The van der Waals surface area contributed by atoms with E-state index in [-0.39, 0.29) is 6.10 Å². The summed E-state index contributed by atoms with van der Waals surface area (Å²) in [5.41, 5.74) is 1.25. The molecule has 1 fully saturated rings. The molecular formula is C20H28N4OS. The number of benzene rings is 1. The Bertz CT molecular complexity index is 701. The smallest absolute Gasteiger partial charge is 0.191 e. The number of hydrogen-bond donors (Lipinski definition) is 2. The molecule has 1 aliphatic heterocycles. The van der Waals surface area contributed by atoms with Crippen molar-refractivity contribution in [3.8, 4) is 0 Å². The SMILES string of the molecule is CCNC(=NCC1CCOC1c1ccccc1)NCCc1ncc(C)s1. The van der Waals surface area contributed by atoms with Crippen molar-refractivity contribution in [2.24, 2.45) is 10.9 Å². The van der Waals surface area contributed by atoms with Gasteiger partial charge in [-0.05, 0) is 25.8 Å². The van der Waals surface area contributed by atoms with Crippen molar-refractivity contribution < 1.29 is 4.74 Å². The number of ether oxygens (including phenoxy) is 1. The van der Waals surface area contributed by atoms with Gasteiger partial charge in [-0.3, -0.25) is 4.99 Å². The maximum absolute atomic E-state index is 5.97. The normalized spacial score (nSPS) is 20.3. The monoisotopic (exact) mass is 372 g/mol. The molecule has 140 valence electrons. The van der Waals surface area contributed by atoms with Crippen molar-refractivity contribution in [3.05, 3.63) is 52.0 Å². The molecule has 0 bridgehead atoms. The predicted molar refractivity (Wildman–Crippen MR) is 108 cm³/mol. The molecule has 1 aliphatic rings. The van der Waals surface area contributed by atoms with Crippen LogP contribution in [0, 0.1) is 12.8 Å². The lowest BCUT2D eigenvalue weighted by atomic mass is 9.95. The van der Waals surface area contributed by atoms with E-state index in [0.29, 0.717) is 5.92 Å². The van der Waals surface area contributed by atoms with Gasteiger partial charge in [-0.1, -0.05) is 30.3 Å². The van der Waals surface area contributed by atoms with Crippen LogP contribution in [0.15, 0.2) is 41.5 Å². The summed E-state index contributed by atoms with van der Waals surface area (Å²) in [5.74, 6) is 1.30. The van der Waals surface area contributed by atoms with Gasteiger partial charge in [0.15, 0.2) is 5.96 Å². The maximum atomic E-state index is 5.97. The average Bonchev–Trinajstić information content (AvgIpc) is 3.29. The van der Waals surface area contributed by atoms with Crippen LogP contribution in [0.5, 0.6) is 0 Å². The number of guanidine groups is 1. The summed E-state index contributed by atoms with van der Waals surface area (Å²) in [7, 11) is 0. The zero-order valence-corrected chi connectivity index (χ0v) is 16.4. The van der Waals surface area contributed by atoms with Crippen LogP contribution in [0.25, 0.3) is 0 Å². The van der Waals surface area contributed by atoms with Crippen LogP contribution in [0.4, 0.5) is 0 Å². The van der Waals surface area contributed by atoms with Crippen molar-refractivity contribution in [2.45, 2.75) is 32.8 Å². The zero-order chi connectivity index (χ0) is 18.2. The number of aromatic nitrogens is 1. The van der Waals surface area contributed by atoms with Crippen LogP contribution in [-0.4, -0.2) is 37.2 Å². The molecule has 3 rings (SSSR count). The minimum Gasteiger partial charge on any atom is -0.373 e. The second-order valence-corrected chi connectivity index (χ2v) is 7.83. The molecule has 1 aromatic carbocycles. The molecule has 1 aromatic heterocycles. The second kappa shape index (κ2) is 9.69. The highest BCUT2D eigenvalue weighted by molar-refractivity contribution is 7.11. The van der Waals surface area contributed by atoms with Crippen LogP contribution in [0.3, 0.4) is 0 Å². The standard InChI is InChI=1S/C20H28N4OS/c1-3-21-20(22-11-9-18-23-13-15(2)26-18)24-14-17-10-12-25-19(17)16-7-5-4-6-8-16/h4-8,13,17,19H,3,9-12,14H2,1-2H3,(H2,21,22,24). The lowest BCUT2D eigenvalue weighted by Gasteiger charge is -2.18. The zero-order valence-electron chi connectivity index (χ0n) is 15.6. The minimum absolute atomic E-state index is 0.154. The summed E-state index contributed by atoms with van der Waals surface area (Å²) in [4.78, 5) is 10.5. The van der Waals surface area contributed by atoms with E-state index in [4.69, 9.17) is 9.73 Å².